The predicted molar refractivity (Wildman–Crippen MR) is 139 cm³/mol. The van der Waals surface area contributed by atoms with Crippen molar-refractivity contribution >= 4 is 0 Å². The second-order valence-electron chi connectivity index (χ2n) is 9.99. The third-order valence-corrected chi connectivity index (χ3v) is 6.73. The maximum Gasteiger partial charge on any atom is 0.416 e. The van der Waals surface area contributed by atoms with E-state index < -0.39 is 17.5 Å². The van der Waals surface area contributed by atoms with E-state index in [0.29, 0.717) is 37.5 Å². The number of hydrogen-bond donors (Lipinski definition) is 1. The summed E-state index contributed by atoms with van der Waals surface area (Å²) in [7, 11) is 0. The first kappa shape index (κ1) is 28.0. The Morgan fingerprint density at radius 3 is 2.45 bits per heavy atom. The van der Waals surface area contributed by atoms with Crippen molar-refractivity contribution in [1.82, 2.24) is 24.9 Å². The van der Waals surface area contributed by atoms with E-state index in [4.69, 9.17) is 13.7 Å². The van der Waals surface area contributed by atoms with Crippen LogP contribution in [0.2, 0.25) is 0 Å². The molecule has 1 fully saturated rings. The maximum atomic E-state index is 12.8. The number of aromatic nitrogens is 3. The number of rotatable bonds is 10. The summed E-state index contributed by atoms with van der Waals surface area (Å²) in [5, 5.41) is 14.8. The van der Waals surface area contributed by atoms with Gasteiger partial charge < -0.3 is 18.8 Å². The topological polar surface area (TPSA) is 101 Å². The van der Waals surface area contributed by atoms with Crippen LogP contribution in [0.3, 0.4) is 0 Å². The number of hydrogen-bond acceptors (Lipinski definition) is 9. The van der Waals surface area contributed by atoms with Crippen molar-refractivity contribution < 1.29 is 32.0 Å². The number of ether oxygens (including phenoxy) is 1. The number of oxazole rings is 1. The number of piperazine rings is 1. The summed E-state index contributed by atoms with van der Waals surface area (Å²) in [6.45, 7) is 5.79. The standard InChI is InChI=1S/C28H30F3N5O4/c1-27(37,39-14-9-20-3-2-4-22(15-20)24-17-38-19-32-24)18-36-12-10-35(11-13-36)16-25-33-26(40-34-25)21-5-7-23(8-6-21)28(29,30)31/h2-8,15,17,19,37H,9-14,16,18H2,1H3. The van der Waals surface area contributed by atoms with Crippen molar-refractivity contribution in [3.8, 4) is 22.7 Å². The second-order valence-corrected chi connectivity index (χ2v) is 9.99. The van der Waals surface area contributed by atoms with Gasteiger partial charge in [0, 0.05) is 37.3 Å². The van der Waals surface area contributed by atoms with Crippen LogP contribution in [-0.2, 0) is 23.9 Å². The highest BCUT2D eigenvalue weighted by atomic mass is 19.4. The van der Waals surface area contributed by atoms with Crippen molar-refractivity contribution in [3.63, 3.8) is 0 Å². The molecular weight excluding hydrogens is 527 g/mol. The molecule has 0 saturated carbocycles. The van der Waals surface area contributed by atoms with Crippen molar-refractivity contribution in [2.24, 2.45) is 0 Å². The molecule has 0 amide bonds. The highest BCUT2D eigenvalue weighted by molar-refractivity contribution is 5.58. The van der Waals surface area contributed by atoms with Gasteiger partial charge in [0.2, 0.25) is 0 Å². The molecule has 1 unspecified atom stereocenters. The average Bonchev–Trinajstić information content (AvgIpc) is 3.62. The third-order valence-electron chi connectivity index (χ3n) is 6.73. The Morgan fingerprint density at radius 2 is 1.75 bits per heavy atom. The lowest BCUT2D eigenvalue weighted by Gasteiger charge is -2.37. The zero-order valence-electron chi connectivity index (χ0n) is 22.0. The summed E-state index contributed by atoms with van der Waals surface area (Å²) in [6, 6.07) is 12.6. The third kappa shape index (κ3) is 7.33. The van der Waals surface area contributed by atoms with Gasteiger partial charge in [-0.25, -0.2) is 4.98 Å². The summed E-state index contributed by atoms with van der Waals surface area (Å²) in [6.07, 6.45) is -0.750. The number of benzene rings is 2. The van der Waals surface area contributed by atoms with Crippen LogP contribution in [0.1, 0.15) is 23.9 Å². The zero-order chi connectivity index (χ0) is 28.2. The molecule has 9 nitrogen and oxygen atoms in total. The molecule has 1 atom stereocenters. The molecule has 0 bridgehead atoms. The Hall–Kier alpha value is -3.58. The Kier molecular flexibility index (Phi) is 8.31. The van der Waals surface area contributed by atoms with Crippen LogP contribution >= 0.6 is 0 Å². The number of halogens is 3. The molecule has 0 spiro atoms. The van der Waals surface area contributed by atoms with Gasteiger partial charge in [0.1, 0.15) is 12.0 Å². The molecule has 1 aliphatic heterocycles. The molecule has 1 aliphatic rings. The van der Waals surface area contributed by atoms with Crippen LogP contribution in [0.4, 0.5) is 13.2 Å². The lowest BCUT2D eigenvalue weighted by atomic mass is 10.1. The summed E-state index contributed by atoms with van der Waals surface area (Å²) in [5.74, 6) is -0.650. The first-order valence-electron chi connectivity index (χ1n) is 12.9. The van der Waals surface area contributed by atoms with E-state index in [-0.39, 0.29) is 5.89 Å². The first-order valence-corrected chi connectivity index (χ1v) is 12.9. The number of nitrogens with zero attached hydrogens (tertiary/aromatic N) is 5. The van der Waals surface area contributed by atoms with Crippen LogP contribution < -0.4 is 0 Å². The van der Waals surface area contributed by atoms with Gasteiger partial charge in [0.05, 0.1) is 25.3 Å². The molecule has 2 aromatic carbocycles. The molecule has 5 rings (SSSR count). The minimum absolute atomic E-state index is 0.181. The van der Waals surface area contributed by atoms with Gasteiger partial charge >= 0.3 is 6.18 Å². The quantitative estimate of drug-likeness (QED) is 0.283. The van der Waals surface area contributed by atoms with Crippen molar-refractivity contribution in [1.29, 1.82) is 0 Å². The maximum absolute atomic E-state index is 12.8. The van der Waals surface area contributed by atoms with E-state index in [9.17, 15) is 18.3 Å². The fourth-order valence-corrected chi connectivity index (χ4v) is 4.63. The van der Waals surface area contributed by atoms with Crippen LogP contribution in [-0.4, -0.2) is 75.1 Å². The van der Waals surface area contributed by atoms with Gasteiger partial charge in [-0.05, 0) is 49.2 Å². The monoisotopic (exact) mass is 557 g/mol. The van der Waals surface area contributed by atoms with Crippen molar-refractivity contribution in [3.05, 3.63) is 78.1 Å². The Bertz CT molecular complexity index is 1370. The molecule has 0 radical (unpaired) electrons. The summed E-state index contributed by atoms with van der Waals surface area (Å²) in [5.41, 5.74) is 2.52. The number of alkyl halides is 3. The van der Waals surface area contributed by atoms with Crippen molar-refractivity contribution in [2.45, 2.75) is 31.9 Å². The molecule has 1 saturated heterocycles. The van der Waals surface area contributed by atoms with Crippen LogP contribution in [0.5, 0.6) is 0 Å². The number of aliphatic hydroxyl groups is 1. The smallest absolute Gasteiger partial charge is 0.416 e. The fourth-order valence-electron chi connectivity index (χ4n) is 4.63. The Labute approximate surface area is 229 Å². The summed E-state index contributed by atoms with van der Waals surface area (Å²) < 4.78 is 54.5. The molecule has 2 aromatic heterocycles. The molecule has 1 N–H and O–H groups in total. The van der Waals surface area contributed by atoms with E-state index >= 15 is 0 Å². The largest absolute Gasteiger partial charge is 0.451 e. The predicted octanol–water partition coefficient (Wildman–Crippen LogP) is 4.50. The van der Waals surface area contributed by atoms with Gasteiger partial charge in [0.15, 0.2) is 18.0 Å². The normalized spacial score (nSPS) is 16.7. The zero-order valence-corrected chi connectivity index (χ0v) is 22.0. The highest BCUT2D eigenvalue weighted by Gasteiger charge is 2.30. The first-order chi connectivity index (χ1) is 19.1. The summed E-state index contributed by atoms with van der Waals surface area (Å²) >= 11 is 0. The van der Waals surface area contributed by atoms with Gasteiger partial charge in [-0.2, -0.15) is 18.2 Å². The average molecular weight is 558 g/mol. The van der Waals surface area contributed by atoms with Gasteiger partial charge in [-0.1, -0.05) is 23.4 Å². The van der Waals surface area contributed by atoms with Gasteiger partial charge in [0.25, 0.3) is 5.89 Å². The molecular formula is C28H30F3N5O4. The van der Waals surface area contributed by atoms with E-state index in [0.717, 1.165) is 55.1 Å². The second kappa shape index (κ2) is 11.9. The lowest BCUT2D eigenvalue weighted by molar-refractivity contribution is -0.201. The Morgan fingerprint density at radius 1 is 1.00 bits per heavy atom. The molecule has 3 heterocycles. The molecule has 4 aromatic rings. The SMILES string of the molecule is CC(O)(CN1CCN(Cc2noc(-c3ccc(C(F)(F)F)cc3)n2)CC1)OCCc1cccc(-c2cocn2)c1. The highest BCUT2D eigenvalue weighted by Crippen LogP contribution is 2.30. The Balaban J connectivity index is 1.05. The summed E-state index contributed by atoms with van der Waals surface area (Å²) in [4.78, 5) is 12.8. The van der Waals surface area contributed by atoms with Gasteiger partial charge in [-0.15, -0.1) is 0 Å². The minimum atomic E-state index is -4.40. The van der Waals surface area contributed by atoms with Crippen LogP contribution in [0, 0.1) is 0 Å². The molecule has 212 valence electrons. The number of β-amino-alcohol motifs (C(OH)–C–C–N with tert-alkyl or cyclic N) is 1. The van der Waals surface area contributed by atoms with Crippen LogP contribution in [0.15, 0.2) is 70.1 Å². The van der Waals surface area contributed by atoms with E-state index in [1.165, 1.54) is 18.5 Å². The van der Waals surface area contributed by atoms with E-state index in [2.05, 4.69) is 24.9 Å². The fraction of sp³-hybridized carbons (Fsp3) is 0.393. The molecule has 40 heavy (non-hydrogen) atoms. The minimum Gasteiger partial charge on any atom is -0.451 e. The van der Waals surface area contributed by atoms with Crippen molar-refractivity contribution in [2.75, 3.05) is 39.3 Å². The molecule has 12 heteroatoms. The lowest BCUT2D eigenvalue weighted by Crippen LogP contribution is -2.51. The van der Waals surface area contributed by atoms with Crippen LogP contribution in [0.25, 0.3) is 22.7 Å². The van der Waals surface area contributed by atoms with E-state index in [1.54, 1.807) is 13.2 Å². The van der Waals surface area contributed by atoms with Gasteiger partial charge in [-0.3, -0.25) is 9.80 Å². The molecule has 0 aliphatic carbocycles. The van der Waals surface area contributed by atoms with E-state index in [1.807, 2.05) is 24.3 Å².